The molecule has 5 rings (SSSR count). The van der Waals surface area contributed by atoms with Gasteiger partial charge in [0.05, 0.1) is 0 Å². The molecule has 0 spiro atoms. The summed E-state index contributed by atoms with van der Waals surface area (Å²) in [6.45, 7) is 6.96. The van der Waals surface area contributed by atoms with Gasteiger partial charge in [0.15, 0.2) is 11.5 Å². The van der Waals surface area contributed by atoms with Gasteiger partial charge in [0, 0.05) is 37.9 Å². The van der Waals surface area contributed by atoms with Crippen molar-refractivity contribution >= 4 is 5.69 Å². The Hall–Kier alpha value is -2.20. The van der Waals surface area contributed by atoms with Crippen molar-refractivity contribution in [1.29, 1.82) is 0 Å². The Morgan fingerprint density at radius 3 is 2.54 bits per heavy atom. The first-order chi connectivity index (χ1) is 12.9. The van der Waals surface area contributed by atoms with Crippen molar-refractivity contribution in [3.05, 3.63) is 53.6 Å². The number of rotatable bonds is 4. The second-order valence-corrected chi connectivity index (χ2v) is 7.55. The first kappa shape index (κ1) is 16.0. The van der Waals surface area contributed by atoms with Gasteiger partial charge in [-0.3, -0.25) is 4.90 Å². The summed E-state index contributed by atoms with van der Waals surface area (Å²) >= 11 is 0. The van der Waals surface area contributed by atoms with Crippen LogP contribution in [0.4, 0.5) is 5.69 Å². The van der Waals surface area contributed by atoms with Crippen LogP contribution < -0.4 is 14.4 Å². The van der Waals surface area contributed by atoms with E-state index in [4.69, 9.17) is 9.47 Å². The van der Waals surface area contributed by atoms with Crippen LogP contribution in [0, 0.1) is 0 Å². The third-order valence-corrected chi connectivity index (χ3v) is 6.02. The predicted molar refractivity (Wildman–Crippen MR) is 104 cm³/mol. The number of nitrogens with zero attached hydrogens (tertiary/aromatic N) is 2. The van der Waals surface area contributed by atoms with Gasteiger partial charge in [-0.1, -0.05) is 24.3 Å². The summed E-state index contributed by atoms with van der Waals surface area (Å²) in [5.74, 6) is 2.54. The van der Waals surface area contributed by atoms with Crippen LogP contribution in [-0.2, 0) is 6.42 Å². The summed E-state index contributed by atoms with van der Waals surface area (Å²) in [7, 11) is 0. The van der Waals surface area contributed by atoms with Crippen LogP contribution >= 0.6 is 0 Å². The third-order valence-electron chi connectivity index (χ3n) is 6.02. The van der Waals surface area contributed by atoms with E-state index in [1.807, 2.05) is 6.07 Å². The number of hydrogen-bond acceptors (Lipinski definition) is 4. The van der Waals surface area contributed by atoms with Gasteiger partial charge in [-0.25, -0.2) is 0 Å². The topological polar surface area (TPSA) is 24.9 Å². The van der Waals surface area contributed by atoms with E-state index in [1.165, 1.54) is 25.1 Å². The largest absolute Gasteiger partial charge is 0.486 e. The average Bonchev–Trinajstić information content (AvgIpc) is 2.69. The van der Waals surface area contributed by atoms with Crippen LogP contribution in [0.3, 0.4) is 0 Å². The fourth-order valence-electron chi connectivity index (χ4n) is 4.42. The second kappa shape index (κ2) is 6.84. The molecule has 2 aromatic rings. The molecule has 0 saturated carbocycles. The Bertz CT molecular complexity index is 783. The number of anilines is 1. The van der Waals surface area contributed by atoms with Gasteiger partial charge >= 0.3 is 0 Å². The van der Waals surface area contributed by atoms with Crippen molar-refractivity contribution in [3.63, 3.8) is 0 Å². The normalized spacial score (nSPS) is 21.8. The lowest BCUT2D eigenvalue weighted by molar-refractivity contribution is 0.171. The van der Waals surface area contributed by atoms with Gasteiger partial charge in [0.25, 0.3) is 0 Å². The zero-order valence-corrected chi connectivity index (χ0v) is 15.2. The fraction of sp³-hybridized carbons (Fsp3) is 0.455. The van der Waals surface area contributed by atoms with Crippen molar-refractivity contribution < 1.29 is 9.47 Å². The van der Waals surface area contributed by atoms with Gasteiger partial charge in [-0.05, 0) is 48.6 Å². The Morgan fingerprint density at radius 1 is 0.885 bits per heavy atom. The SMILES string of the molecule is c1ccc2c(c1)CC2CCN1CCN(c2ccc3c(c2)OCCO3)CC1. The highest BCUT2D eigenvalue weighted by atomic mass is 16.6. The van der Waals surface area contributed by atoms with Gasteiger partial charge in [0.2, 0.25) is 0 Å². The van der Waals surface area contributed by atoms with E-state index in [0.717, 1.165) is 43.6 Å². The van der Waals surface area contributed by atoms with E-state index in [2.05, 4.69) is 46.2 Å². The number of benzene rings is 2. The Kier molecular flexibility index (Phi) is 4.21. The molecule has 1 atom stereocenters. The molecule has 0 radical (unpaired) electrons. The predicted octanol–water partition coefficient (Wildman–Crippen LogP) is 3.31. The molecule has 1 aliphatic carbocycles. The number of ether oxygens (including phenoxy) is 2. The lowest BCUT2D eigenvalue weighted by Crippen LogP contribution is -2.47. The van der Waals surface area contributed by atoms with Crippen LogP contribution in [0.15, 0.2) is 42.5 Å². The highest BCUT2D eigenvalue weighted by molar-refractivity contribution is 5.57. The van der Waals surface area contributed by atoms with Crippen LogP contribution in [0.5, 0.6) is 11.5 Å². The highest BCUT2D eigenvalue weighted by Gasteiger charge is 2.26. The van der Waals surface area contributed by atoms with E-state index >= 15 is 0 Å². The molecular formula is C22H26N2O2. The van der Waals surface area contributed by atoms with Gasteiger partial charge in [0.1, 0.15) is 13.2 Å². The van der Waals surface area contributed by atoms with Crippen LogP contribution in [0.1, 0.15) is 23.5 Å². The minimum absolute atomic E-state index is 0.647. The van der Waals surface area contributed by atoms with Gasteiger partial charge in [-0.15, -0.1) is 0 Å². The molecule has 4 nitrogen and oxygen atoms in total. The molecule has 1 unspecified atom stereocenters. The van der Waals surface area contributed by atoms with E-state index in [1.54, 1.807) is 11.1 Å². The Labute approximate surface area is 155 Å². The molecule has 2 heterocycles. The molecule has 3 aliphatic rings. The third kappa shape index (κ3) is 3.03. The van der Waals surface area contributed by atoms with Crippen molar-refractivity contribution in [2.45, 2.75) is 18.8 Å². The van der Waals surface area contributed by atoms with Crippen molar-refractivity contribution in [2.75, 3.05) is 50.8 Å². The smallest absolute Gasteiger partial charge is 0.163 e. The Balaban J connectivity index is 1.13. The molecule has 0 amide bonds. The second-order valence-electron chi connectivity index (χ2n) is 7.55. The minimum atomic E-state index is 0.647. The summed E-state index contributed by atoms with van der Waals surface area (Å²) in [6, 6.07) is 15.3. The standard InChI is InChI=1S/C22H26N2O2/c1-2-4-20-17(3-1)15-18(20)7-8-23-9-11-24(12-10-23)19-5-6-21-22(16-19)26-14-13-25-21/h1-6,16,18H,7-15H2. The summed E-state index contributed by atoms with van der Waals surface area (Å²) in [6.07, 6.45) is 2.56. The molecule has 0 bridgehead atoms. The number of piperazine rings is 1. The molecule has 1 saturated heterocycles. The molecular weight excluding hydrogens is 324 g/mol. The van der Waals surface area contributed by atoms with E-state index in [9.17, 15) is 0 Å². The van der Waals surface area contributed by atoms with Gasteiger partial charge < -0.3 is 14.4 Å². The first-order valence-corrected chi connectivity index (χ1v) is 9.81. The lowest BCUT2D eigenvalue weighted by atomic mass is 9.76. The summed E-state index contributed by atoms with van der Waals surface area (Å²) in [5.41, 5.74) is 4.39. The molecule has 0 N–H and O–H groups in total. The molecule has 4 heteroatoms. The van der Waals surface area contributed by atoms with E-state index in [0.29, 0.717) is 13.2 Å². The zero-order chi connectivity index (χ0) is 17.3. The average molecular weight is 350 g/mol. The van der Waals surface area contributed by atoms with Crippen LogP contribution in [-0.4, -0.2) is 50.8 Å². The molecule has 2 aromatic carbocycles. The lowest BCUT2D eigenvalue weighted by Gasteiger charge is -2.38. The van der Waals surface area contributed by atoms with E-state index in [-0.39, 0.29) is 0 Å². The minimum Gasteiger partial charge on any atom is -0.486 e. The maximum absolute atomic E-state index is 5.73. The quantitative estimate of drug-likeness (QED) is 0.845. The molecule has 2 aliphatic heterocycles. The molecule has 26 heavy (non-hydrogen) atoms. The van der Waals surface area contributed by atoms with Crippen LogP contribution in [0.2, 0.25) is 0 Å². The fourth-order valence-corrected chi connectivity index (χ4v) is 4.42. The highest BCUT2D eigenvalue weighted by Crippen LogP contribution is 2.37. The Morgan fingerprint density at radius 2 is 1.69 bits per heavy atom. The van der Waals surface area contributed by atoms with Crippen molar-refractivity contribution in [1.82, 2.24) is 4.90 Å². The zero-order valence-electron chi connectivity index (χ0n) is 15.2. The maximum Gasteiger partial charge on any atom is 0.163 e. The van der Waals surface area contributed by atoms with Crippen LogP contribution in [0.25, 0.3) is 0 Å². The van der Waals surface area contributed by atoms with Gasteiger partial charge in [-0.2, -0.15) is 0 Å². The summed E-state index contributed by atoms with van der Waals surface area (Å²) < 4.78 is 11.4. The summed E-state index contributed by atoms with van der Waals surface area (Å²) in [4.78, 5) is 5.09. The molecule has 1 fully saturated rings. The number of fused-ring (bicyclic) bond motifs is 2. The summed E-state index contributed by atoms with van der Waals surface area (Å²) in [5, 5.41) is 0. The van der Waals surface area contributed by atoms with Crippen molar-refractivity contribution in [2.24, 2.45) is 0 Å². The maximum atomic E-state index is 5.73. The molecule has 0 aromatic heterocycles. The van der Waals surface area contributed by atoms with E-state index < -0.39 is 0 Å². The first-order valence-electron chi connectivity index (χ1n) is 9.81. The number of hydrogen-bond donors (Lipinski definition) is 0. The molecule has 136 valence electrons. The van der Waals surface area contributed by atoms with Crippen molar-refractivity contribution in [3.8, 4) is 11.5 Å². The monoisotopic (exact) mass is 350 g/mol.